The smallest absolute Gasteiger partial charge is 0.462 e. The van der Waals surface area contributed by atoms with Gasteiger partial charge in [-0.3, -0.25) is 9.47 Å². The molecule has 2 atom stereocenters. The number of alkyl halides is 17. The van der Waals surface area contributed by atoms with Crippen molar-refractivity contribution in [3.8, 4) is 0 Å². The molecule has 0 N–H and O–H groups in total. The number of carboxylic acid groups (broad SMARTS) is 1. The van der Waals surface area contributed by atoms with E-state index in [0.717, 1.165) is 0 Å². The minimum atomic E-state index is -8.11. The van der Waals surface area contributed by atoms with Crippen LogP contribution in [0.1, 0.15) is 0 Å². The number of carboxylic acids is 1. The molecule has 180 valence electrons. The maximum absolute atomic E-state index is 13.5. The normalized spacial score (nSPS) is 19.2. The highest BCUT2D eigenvalue weighted by Gasteiger charge is 2.85. The van der Waals surface area contributed by atoms with Gasteiger partial charge < -0.3 is 9.90 Å². The molecule has 2 unspecified atom stereocenters. The first kappa shape index (κ1) is 28.2. The number of ether oxygens (including phenoxy) is 2. The highest BCUT2D eigenvalue weighted by molar-refractivity contribution is 5.74. The number of carbonyl (C=O) groups excluding carboxylic acids is 1. The summed E-state index contributed by atoms with van der Waals surface area (Å²) in [5.41, 5.74) is 0. The lowest BCUT2D eigenvalue weighted by Gasteiger charge is -2.40. The number of hydrogen-bond donors (Lipinski definition) is 0. The number of aliphatic carboxylic acids is 1. The molecule has 0 amide bonds. The Hall–Kier alpha value is -1.80. The van der Waals surface area contributed by atoms with Gasteiger partial charge in [-0.25, -0.2) is 0 Å². The zero-order valence-electron chi connectivity index (χ0n) is 12.6. The van der Waals surface area contributed by atoms with Crippen LogP contribution in [-0.2, 0) is 14.3 Å². The van der Waals surface area contributed by atoms with Crippen molar-refractivity contribution in [1.82, 2.24) is 0 Å². The van der Waals surface area contributed by atoms with Crippen LogP contribution < -0.4 is 5.11 Å². The predicted octanol–water partition coefficient (Wildman–Crippen LogP) is 3.61. The molecule has 0 aliphatic rings. The molecule has 0 heterocycles. The van der Waals surface area contributed by atoms with Gasteiger partial charge in [0.15, 0.2) is 0 Å². The quantitative estimate of drug-likeness (QED) is 0.507. The second kappa shape index (κ2) is 7.12. The molecule has 0 aromatic heterocycles. The maximum Gasteiger partial charge on any atom is 0.462 e. The summed E-state index contributed by atoms with van der Waals surface area (Å²) in [5, 5.41) is 9.97. The molecule has 0 aliphatic carbocycles. The van der Waals surface area contributed by atoms with E-state index in [9.17, 15) is 84.5 Å². The molecule has 0 aromatic rings. The summed E-state index contributed by atoms with van der Waals surface area (Å²) >= 11 is 0. The Morgan fingerprint density at radius 1 is 0.533 bits per heavy atom. The summed E-state index contributed by atoms with van der Waals surface area (Å²) in [4.78, 5) is 9.97. The van der Waals surface area contributed by atoms with Gasteiger partial charge in [-0.1, -0.05) is 0 Å². The first-order chi connectivity index (χ1) is 12.6. The van der Waals surface area contributed by atoms with Gasteiger partial charge >= 0.3 is 48.4 Å². The summed E-state index contributed by atoms with van der Waals surface area (Å²) in [6.07, 6.45) is -38.9. The van der Waals surface area contributed by atoms with E-state index in [-0.39, 0.29) is 0 Å². The highest BCUT2D eigenvalue weighted by Crippen LogP contribution is 2.56. The van der Waals surface area contributed by atoms with Gasteiger partial charge in [0, 0.05) is 0 Å². The van der Waals surface area contributed by atoms with Crippen LogP contribution in [0.4, 0.5) is 74.6 Å². The van der Waals surface area contributed by atoms with Gasteiger partial charge in [0.1, 0.15) is 5.97 Å². The Kier molecular flexibility index (Phi) is 6.70. The van der Waals surface area contributed by atoms with Gasteiger partial charge in [-0.2, -0.15) is 74.6 Å². The van der Waals surface area contributed by atoms with E-state index in [1.165, 1.54) is 9.47 Å². The van der Waals surface area contributed by atoms with Crippen molar-refractivity contribution < 1.29 is 94.0 Å². The van der Waals surface area contributed by atoms with Crippen molar-refractivity contribution in [2.45, 2.75) is 48.4 Å². The number of rotatable bonds is 7. The molecule has 0 aromatic carbocycles. The van der Waals surface area contributed by atoms with E-state index in [1.54, 1.807) is 0 Å². The maximum atomic E-state index is 13.5. The van der Waals surface area contributed by atoms with Crippen molar-refractivity contribution in [2.24, 2.45) is 0 Å². The third-order valence-corrected chi connectivity index (χ3v) is 2.63. The summed E-state index contributed by atoms with van der Waals surface area (Å²) in [5.74, 6) is -27.7. The molecular weight excluding hydrogens is 495 g/mol. The van der Waals surface area contributed by atoms with E-state index in [0.29, 0.717) is 0 Å². The van der Waals surface area contributed by atoms with Crippen molar-refractivity contribution in [2.75, 3.05) is 0 Å². The van der Waals surface area contributed by atoms with Crippen molar-refractivity contribution in [3.05, 3.63) is 0 Å². The third kappa shape index (κ3) is 4.44. The minimum Gasteiger partial charge on any atom is -0.544 e. The number of halogens is 17. The topological polar surface area (TPSA) is 58.6 Å². The van der Waals surface area contributed by atoms with Crippen molar-refractivity contribution >= 4 is 5.97 Å². The van der Waals surface area contributed by atoms with Crippen LogP contribution in [0.15, 0.2) is 0 Å². The zero-order chi connectivity index (χ0) is 25.0. The van der Waals surface area contributed by atoms with E-state index >= 15 is 0 Å². The first-order valence-corrected chi connectivity index (χ1v) is 5.94. The van der Waals surface area contributed by atoms with Gasteiger partial charge in [-0.15, -0.1) is 0 Å². The lowest BCUT2D eigenvalue weighted by molar-refractivity contribution is -0.551. The minimum absolute atomic E-state index is 1.17. The second-order valence-corrected chi connectivity index (χ2v) is 4.78. The standard InChI is InChI=1S/C9HF17O4/c10-2(1(27)28,5(14,15)16)29-9(25,26)4(13,7(20,21)22)30-8(23,24)3(11,12)6(17,18)19/h(H,27,28)/p-1. The molecule has 0 aliphatic heterocycles. The van der Waals surface area contributed by atoms with Gasteiger partial charge in [0.25, 0.3) is 0 Å². The molecule has 0 radical (unpaired) electrons. The summed E-state index contributed by atoms with van der Waals surface area (Å²) < 4.78 is 215. The molecule has 0 rings (SSSR count). The van der Waals surface area contributed by atoms with E-state index in [2.05, 4.69) is 0 Å². The van der Waals surface area contributed by atoms with E-state index in [1.807, 2.05) is 0 Å². The average molecular weight is 495 g/mol. The molecule has 21 heteroatoms. The Morgan fingerprint density at radius 2 is 0.900 bits per heavy atom. The molecule has 0 spiro atoms. The van der Waals surface area contributed by atoms with Crippen LogP contribution in [0, 0.1) is 0 Å². The monoisotopic (exact) mass is 495 g/mol. The molecule has 30 heavy (non-hydrogen) atoms. The Balaban J connectivity index is 6.63. The van der Waals surface area contributed by atoms with Crippen LogP contribution in [0.2, 0.25) is 0 Å². The van der Waals surface area contributed by atoms with E-state index in [4.69, 9.17) is 0 Å². The second-order valence-electron chi connectivity index (χ2n) is 4.78. The Labute approximate surface area is 150 Å². The number of hydrogen-bond acceptors (Lipinski definition) is 4. The van der Waals surface area contributed by atoms with Crippen LogP contribution in [0.25, 0.3) is 0 Å². The molecule has 0 saturated carbocycles. The van der Waals surface area contributed by atoms with Crippen LogP contribution in [0.3, 0.4) is 0 Å². The van der Waals surface area contributed by atoms with Crippen molar-refractivity contribution in [3.63, 3.8) is 0 Å². The largest absolute Gasteiger partial charge is 0.544 e. The Bertz CT molecular complexity index is 647. The molecule has 0 bridgehead atoms. The lowest BCUT2D eigenvalue weighted by atomic mass is 10.2. The third-order valence-electron chi connectivity index (χ3n) is 2.63. The first-order valence-electron chi connectivity index (χ1n) is 5.94. The summed E-state index contributed by atoms with van der Waals surface area (Å²) in [6, 6.07) is 0. The molecular formula is C9F17O4-. The predicted molar refractivity (Wildman–Crippen MR) is 47.9 cm³/mol. The van der Waals surface area contributed by atoms with E-state index < -0.39 is 54.3 Å². The summed E-state index contributed by atoms with van der Waals surface area (Å²) in [7, 11) is 0. The number of carbonyl (C=O) groups is 1. The fraction of sp³-hybridized carbons (Fsp3) is 0.889. The van der Waals surface area contributed by atoms with Gasteiger partial charge in [0.05, 0.1) is 0 Å². The highest BCUT2D eigenvalue weighted by atomic mass is 19.4. The average Bonchev–Trinajstić information content (AvgIpc) is 2.41. The SMILES string of the molecule is O=C([O-])C(F)(OC(F)(F)C(F)(OC(F)(F)C(F)(F)C(F)(F)F)C(F)(F)F)C(F)(F)F. The van der Waals surface area contributed by atoms with Crippen molar-refractivity contribution in [1.29, 1.82) is 0 Å². The van der Waals surface area contributed by atoms with Crippen LogP contribution >= 0.6 is 0 Å². The van der Waals surface area contributed by atoms with Gasteiger partial charge in [0.2, 0.25) is 0 Å². The molecule has 0 saturated heterocycles. The fourth-order valence-electron chi connectivity index (χ4n) is 1.15. The lowest BCUT2D eigenvalue weighted by Crippen LogP contribution is -2.69. The summed E-state index contributed by atoms with van der Waals surface area (Å²) in [6.45, 7) is 0. The zero-order valence-corrected chi connectivity index (χ0v) is 12.6. The van der Waals surface area contributed by atoms with Crippen LogP contribution in [0.5, 0.6) is 0 Å². The van der Waals surface area contributed by atoms with Gasteiger partial charge in [-0.05, 0) is 0 Å². The Morgan fingerprint density at radius 3 is 1.13 bits per heavy atom. The van der Waals surface area contributed by atoms with Crippen LogP contribution in [-0.4, -0.2) is 54.3 Å². The molecule has 0 fully saturated rings. The fourth-order valence-corrected chi connectivity index (χ4v) is 1.15. The molecule has 4 nitrogen and oxygen atoms in total.